The maximum atomic E-state index is 12.7. The third kappa shape index (κ3) is 5.15. The molecule has 1 aromatic carbocycles. The molecule has 172 valence electrons. The number of halogens is 1. The van der Waals surface area contributed by atoms with Crippen LogP contribution >= 0.6 is 11.6 Å². The number of anilines is 1. The number of hydrogen-bond acceptors (Lipinski definition) is 7. The molecule has 0 atom stereocenters. The van der Waals surface area contributed by atoms with Crippen molar-refractivity contribution < 1.29 is 22.7 Å². The van der Waals surface area contributed by atoms with Gasteiger partial charge in [0.25, 0.3) is 5.91 Å². The zero-order valence-electron chi connectivity index (χ0n) is 17.5. The molecule has 0 N–H and O–H groups in total. The molecule has 2 aliphatic heterocycles. The zero-order valence-corrected chi connectivity index (χ0v) is 19.1. The van der Waals surface area contributed by atoms with E-state index in [1.54, 1.807) is 41.3 Å². The first kappa shape index (κ1) is 22.8. The zero-order chi connectivity index (χ0) is 22.6. The Morgan fingerprint density at radius 2 is 1.75 bits per heavy atom. The molecule has 2 fully saturated rings. The fourth-order valence-electron chi connectivity index (χ4n) is 3.63. The molecule has 0 saturated carbocycles. The van der Waals surface area contributed by atoms with Crippen molar-refractivity contribution in [3.05, 3.63) is 47.6 Å². The average molecular weight is 481 g/mol. The summed E-state index contributed by atoms with van der Waals surface area (Å²) < 4.78 is 37.6. The smallest absolute Gasteiger partial charge is 0.260 e. The van der Waals surface area contributed by atoms with E-state index in [2.05, 4.69) is 4.98 Å². The fraction of sp³-hybridized carbons (Fsp3) is 0.429. The molecule has 4 rings (SSSR count). The van der Waals surface area contributed by atoms with Crippen molar-refractivity contribution in [1.29, 1.82) is 0 Å². The van der Waals surface area contributed by atoms with E-state index in [0.29, 0.717) is 69.1 Å². The number of nitrogens with zero attached hydrogens (tertiary/aromatic N) is 4. The van der Waals surface area contributed by atoms with Crippen LogP contribution in [-0.4, -0.2) is 87.6 Å². The summed E-state index contributed by atoms with van der Waals surface area (Å²) in [5, 5.41) is 0.468. The molecule has 0 radical (unpaired) electrons. The van der Waals surface area contributed by atoms with E-state index in [0.717, 1.165) is 0 Å². The Kier molecular flexibility index (Phi) is 7.14. The highest BCUT2D eigenvalue weighted by Crippen LogP contribution is 2.23. The van der Waals surface area contributed by atoms with Gasteiger partial charge in [-0.3, -0.25) is 4.79 Å². The minimum atomic E-state index is -3.57. The lowest BCUT2D eigenvalue weighted by Crippen LogP contribution is -2.50. The molecule has 2 aliphatic rings. The molecule has 11 heteroatoms. The van der Waals surface area contributed by atoms with E-state index in [-0.39, 0.29) is 17.4 Å². The first-order valence-corrected chi connectivity index (χ1v) is 12.2. The molecule has 0 aliphatic carbocycles. The minimum absolute atomic E-state index is 0.0733. The SMILES string of the molecule is O=C(COc1ccccc1Cl)N1CCN(c2ccc(S(=O)(=O)N3CCOCC3)cn2)CC1. The number of pyridine rings is 1. The normalized spacial score (nSPS) is 17.9. The maximum Gasteiger partial charge on any atom is 0.260 e. The summed E-state index contributed by atoms with van der Waals surface area (Å²) in [6.07, 6.45) is 1.40. The van der Waals surface area contributed by atoms with Gasteiger partial charge in [0.1, 0.15) is 16.5 Å². The van der Waals surface area contributed by atoms with Crippen LogP contribution in [0.1, 0.15) is 0 Å². The summed E-state index contributed by atoms with van der Waals surface area (Å²) >= 11 is 6.05. The quantitative estimate of drug-likeness (QED) is 0.618. The van der Waals surface area contributed by atoms with Crippen molar-refractivity contribution >= 4 is 33.3 Å². The first-order valence-electron chi connectivity index (χ1n) is 10.4. The van der Waals surface area contributed by atoms with Crippen LogP contribution in [0.25, 0.3) is 0 Å². The van der Waals surface area contributed by atoms with Gasteiger partial charge in [-0.15, -0.1) is 0 Å². The second-order valence-electron chi connectivity index (χ2n) is 7.46. The topological polar surface area (TPSA) is 92.3 Å². The number of para-hydroxylation sites is 1. The summed E-state index contributed by atoms with van der Waals surface area (Å²) in [5.41, 5.74) is 0. The molecular weight excluding hydrogens is 456 g/mol. The molecule has 3 heterocycles. The largest absolute Gasteiger partial charge is 0.482 e. The third-order valence-corrected chi connectivity index (χ3v) is 7.67. The lowest BCUT2D eigenvalue weighted by atomic mass is 10.3. The predicted molar refractivity (Wildman–Crippen MR) is 120 cm³/mol. The number of morpholine rings is 1. The Labute approximate surface area is 192 Å². The number of carbonyl (C=O) groups is 1. The van der Waals surface area contributed by atoms with E-state index in [4.69, 9.17) is 21.1 Å². The van der Waals surface area contributed by atoms with E-state index >= 15 is 0 Å². The van der Waals surface area contributed by atoms with E-state index in [9.17, 15) is 13.2 Å². The second kappa shape index (κ2) is 10.0. The number of ether oxygens (including phenoxy) is 2. The van der Waals surface area contributed by atoms with Gasteiger partial charge in [0, 0.05) is 45.5 Å². The van der Waals surface area contributed by atoms with Crippen molar-refractivity contribution in [3.8, 4) is 5.75 Å². The van der Waals surface area contributed by atoms with Crippen LogP contribution in [0.5, 0.6) is 5.75 Å². The summed E-state index contributed by atoms with van der Waals surface area (Å²) in [7, 11) is -3.57. The van der Waals surface area contributed by atoms with Gasteiger partial charge in [-0.1, -0.05) is 23.7 Å². The number of benzene rings is 1. The fourth-order valence-corrected chi connectivity index (χ4v) is 5.17. The standard InChI is InChI=1S/C21H25ClN4O5S/c22-18-3-1-2-4-19(18)31-16-21(27)25-9-7-24(8-10-25)20-6-5-17(15-23-20)32(28,29)26-11-13-30-14-12-26/h1-6,15H,7-14,16H2. The van der Waals surface area contributed by atoms with Crippen LogP contribution in [0.15, 0.2) is 47.5 Å². The minimum Gasteiger partial charge on any atom is -0.482 e. The highest BCUT2D eigenvalue weighted by Gasteiger charge is 2.27. The number of carbonyl (C=O) groups excluding carboxylic acids is 1. The number of amides is 1. The highest BCUT2D eigenvalue weighted by molar-refractivity contribution is 7.89. The van der Waals surface area contributed by atoms with Gasteiger partial charge < -0.3 is 19.3 Å². The Bertz CT molecular complexity index is 1040. The molecule has 0 bridgehead atoms. The summed E-state index contributed by atoms with van der Waals surface area (Å²) in [6.45, 7) is 3.67. The van der Waals surface area contributed by atoms with Gasteiger partial charge in [-0.25, -0.2) is 13.4 Å². The van der Waals surface area contributed by atoms with E-state index in [1.165, 1.54) is 10.5 Å². The van der Waals surface area contributed by atoms with Gasteiger partial charge in [0.2, 0.25) is 10.0 Å². The highest BCUT2D eigenvalue weighted by atomic mass is 35.5. The molecule has 0 spiro atoms. The van der Waals surface area contributed by atoms with Crippen molar-refractivity contribution in [2.45, 2.75) is 4.90 Å². The number of rotatable bonds is 6. The van der Waals surface area contributed by atoms with Crippen LogP contribution in [0.4, 0.5) is 5.82 Å². The van der Waals surface area contributed by atoms with Crippen molar-refractivity contribution in [3.63, 3.8) is 0 Å². The van der Waals surface area contributed by atoms with Crippen molar-refractivity contribution in [2.24, 2.45) is 0 Å². The molecule has 2 aromatic rings. The number of sulfonamides is 1. The Morgan fingerprint density at radius 3 is 2.41 bits per heavy atom. The van der Waals surface area contributed by atoms with Crippen LogP contribution < -0.4 is 9.64 Å². The van der Waals surface area contributed by atoms with Gasteiger partial charge in [0.05, 0.1) is 18.2 Å². The maximum absolute atomic E-state index is 12.7. The van der Waals surface area contributed by atoms with Gasteiger partial charge in [0.15, 0.2) is 6.61 Å². The third-order valence-electron chi connectivity index (χ3n) is 5.47. The van der Waals surface area contributed by atoms with Crippen LogP contribution in [-0.2, 0) is 19.6 Å². The Morgan fingerprint density at radius 1 is 1.03 bits per heavy atom. The number of aromatic nitrogens is 1. The summed E-state index contributed by atoms with van der Waals surface area (Å²) in [5.74, 6) is 1.06. The monoisotopic (exact) mass is 480 g/mol. The first-order chi connectivity index (χ1) is 15.4. The van der Waals surface area contributed by atoms with Crippen LogP contribution in [0, 0.1) is 0 Å². The molecule has 9 nitrogen and oxygen atoms in total. The van der Waals surface area contributed by atoms with E-state index < -0.39 is 10.0 Å². The van der Waals surface area contributed by atoms with Crippen LogP contribution in [0.3, 0.4) is 0 Å². The van der Waals surface area contributed by atoms with Crippen LogP contribution in [0.2, 0.25) is 5.02 Å². The molecule has 2 saturated heterocycles. The number of piperazine rings is 1. The Hall–Kier alpha value is -2.40. The molecule has 1 aromatic heterocycles. The Balaban J connectivity index is 1.30. The second-order valence-corrected chi connectivity index (χ2v) is 9.80. The van der Waals surface area contributed by atoms with Crippen molar-refractivity contribution in [2.75, 3.05) is 64.0 Å². The lowest BCUT2D eigenvalue weighted by Gasteiger charge is -2.35. The predicted octanol–water partition coefficient (Wildman–Crippen LogP) is 1.48. The lowest BCUT2D eigenvalue weighted by molar-refractivity contribution is -0.133. The summed E-state index contributed by atoms with van der Waals surface area (Å²) in [4.78, 5) is 20.8. The molecule has 0 unspecified atom stereocenters. The van der Waals surface area contributed by atoms with Crippen molar-refractivity contribution in [1.82, 2.24) is 14.2 Å². The van der Waals surface area contributed by atoms with Gasteiger partial charge in [-0.2, -0.15) is 4.31 Å². The summed E-state index contributed by atoms with van der Waals surface area (Å²) in [6, 6.07) is 10.3. The average Bonchev–Trinajstić information content (AvgIpc) is 2.84. The molecule has 1 amide bonds. The van der Waals surface area contributed by atoms with E-state index in [1.807, 2.05) is 4.90 Å². The number of hydrogen-bond donors (Lipinski definition) is 0. The van der Waals surface area contributed by atoms with Gasteiger partial charge >= 0.3 is 0 Å². The molecule has 32 heavy (non-hydrogen) atoms. The molecular formula is C21H25ClN4O5S. The van der Waals surface area contributed by atoms with Gasteiger partial charge in [-0.05, 0) is 24.3 Å².